The van der Waals surface area contributed by atoms with Gasteiger partial charge in [-0.05, 0) is 35.6 Å². The zero-order valence-electron chi connectivity index (χ0n) is 16.2. The minimum atomic E-state index is -0.884. The summed E-state index contributed by atoms with van der Waals surface area (Å²) in [6, 6.07) is 19.4. The Morgan fingerprint density at radius 1 is 1.00 bits per heavy atom. The number of amides is 1. The van der Waals surface area contributed by atoms with Crippen molar-refractivity contribution in [3.8, 4) is 11.1 Å². The molecule has 1 unspecified atom stereocenters. The molecule has 0 aliphatic heterocycles. The van der Waals surface area contributed by atoms with Crippen molar-refractivity contribution < 1.29 is 14.7 Å². The van der Waals surface area contributed by atoms with E-state index in [2.05, 4.69) is 15.3 Å². The molecule has 0 bridgehead atoms. The molecular formula is C23H23N3O3. The number of carbonyl (C=O) groups is 2. The quantitative estimate of drug-likeness (QED) is 0.614. The van der Waals surface area contributed by atoms with Gasteiger partial charge in [-0.25, -0.2) is 9.97 Å². The van der Waals surface area contributed by atoms with Crippen molar-refractivity contribution >= 4 is 11.9 Å². The molecule has 1 heterocycles. The number of aliphatic carboxylic acids is 1. The topological polar surface area (TPSA) is 92.2 Å². The number of hydrogen-bond donors (Lipinski definition) is 2. The summed E-state index contributed by atoms with van der Waals surface area (Å²) in [6.45, 7) is 1.64. The molecule has 6 heteroatoms. The maximum atomic E-state index is 12.5. The Morgan fingerprint density at radius 3 is 2.31 bits per heavy atom. The minimum Gasteiger partial charge on any atom is -0.481 e. The first-order chi connectivity index (χ1) is 14.0. The maximum absolute atomic E-state index is 12.5. The van der Waals surface area contributed by atoms with Crippen LogP contribution < -0.4 is 5.32 Å². The smallest absolute Gasteiger partial charge is 0.306 e. The second-order valence-electron chi connectivity index (χ2n) is 7.01. The van der Waals surface area contributed by atoms with Crippen LogP contribution in [-0.2, 0) is 11.2 Å². The number of aromatic nitrogens is 2. The van der Waals surface area contributed by atoms with Crippen LogP contribution in [0.3, 0.4) is 0 Å². The zero-order chi connectivity index (χ0) is 20.6. The average Bonchev–Trinajstić information content (AvgIpc) is 2.75. The van der Waals surface area contributed by atoms with Gasteiger partial charge in [-0.2, -0.15) is 0 Å². The van der Waals surface area contributed by atoms with Gasteiger partial charge in [0, 0.05) is 12.2 Å². The lowest BCUT2D eigenvalue weighted by molar-refractivity contribution is -0.141. The van der Waals surface area contributed by atoms with E-state index in [-0.39, 0.29) is 17.6 Å². The Hall–Kier alpha value is -3.54. The molecule has 0 saturated carbocycles. The average molecular weight is 389 g/mol. The van der Waals surface area contributed by atoms with Crippen molar-refractivity contribution in [3.05, 3.63) is 84.4 Å². The van der Waals surface area contributed by atoms with Crippen molar-refractivity contribution in [2.75, 3.05) is 0 Å². The van der Waals surface area contributed by atoms with Crippen molar-refractivity contribution in [3.63, 3.8) is 0 Å². The third-order valence-electron chi connectivity index (χ3n) is 4.75. The third kappa shape index (κ3) is 5.72. The van der Waals surface area contributed by atoms with E-state index in [1.807, 2.05) is 54.6 Å². The van der Waals surface area contributed by atoms with E-state index in [1.54, 1.807) is 6.92 Å². The van der Waals surface area contributed by atoms with Gasteiger partial charge in [0.05, 0.1) is 5.92 Å². The van der Waals surface area contributed by atoms with Crippen LogP contribution >= 0.6 is 0 Å². The Bertz CT molecular complexity index is 944. The van der Waals surface area contributed by atoms with E-state index >= 15 is 0 Å². The summed E-state index contributed by atoms with van der Waals surface area (Å²) < 4.78 is 0. The number of carbonyl (C=O) groups excluding carboxylic acids is 1. The fraction of sp³-hybridized carbons (Fsp3) is 0.217. The molecule has 0 aliphatic carbocycles. The van der Waals surface area contributed by atoms with Crippen LogP contribution in [-0.4, -0.2) is 33.0 Å². The molecule has 2 aromatic carbocycles. The third-order valence-corrected chi connectivity index (χ3v) is 4.75. The molecule has 29 heavy (non-hydrogen) atoms. The van der Waals surface area contributed by atoms with E-state index < -0.39 is 11.9 Å². The number of carboxylic acid groups (broad SMARTS) is 1. The summed E-state index contributed by atoms with van der Waals surface area (Å²) in [5, 5.41) is 12.2. The van der Waals surface area contributed by atoms with Crippen LogP contribution in [0.1, 0.15) is 29.4 Å². The minimum absolute atomic E-state index is 0.257. The molecule has 0 saturated heterocycles. The predicted molar refractivity (Wildman–Crippen MR) is 110 cm³/mol. The number of hydrogen-bond acceptors (Lipinski definition) is 4. The van der Waals surface area contributed by atoms with E-state index in [9.17, 15) is 14.7 Å². The maximum Gasteiger partial charge on any atom is 0.306 e. The molecule has 148 valence electrons. The molecule has 6 nitrogen and oxygen atoms in total. The molecule has 2 atom stereocenters. The highest BCUT2D eigenvalue weighted by Crippen LogP contribution is 2.20. The number of carboxylic acids is 1. The molecule has 0 fully saturated rings. The molecule has 2 N–H and O–H groups in total. The molecule has 3 rings (SSSR count). The van der Waals surface area contributed by atoms with Gasteiger partial charge in [0.15, 0.2) is 0 Å². The van der Waals surface area contributed by atoms with Gasteiger partial charge in [-0.1, -0.05) is 61.5 Å². The summed E-state index contributed by atoms with van der Waals surface area (Å²) in [5.74, 6) is -1.80. The highest BCUT2D eigenvalue weighted by atomic mass is 16.4. The van der Waals surface area contributed by atoms with E-state index in [4.69, 9.17) is 0 Å². The number of nitrogens with one attached hydrogen (secondary N) is 1. The van der Waals surface area contributed by atoms with E-state index in [0.717, 1.165) is 16.7 Å². The van der Waals surface area contributed by atoms with E-state index in [1.165, 1.54) is 18.6 Å². The lowest BCUT2D eigenvalue weighted by Gasteiger charge is -2.21. The molecule has 1 amide bonds. The zero-order valence-corrected chi connectivity index (χ0v) is 16.2. The first-order valence-electron chi connectivity index (χ1n) is 9.47. The first-order valence-corrected chi connectivity index (χ1v) is 9.47. The summed E-state index contributed by atoms with van der Waals surface area (Å²) in [6.07, 6.45) is 3.67. The van der Waals surface area contributed by atoms with Crippen LogP contribution in [0.4, 0.5) is 0 Å². The van der Waals surface area contributed by atoms with Crippen molar-refractivity contribution in [1.82, 2.24) is 15.3 Å². The van der Waals surface area contributed by atoms with Crippen LogP contribution in [0.15, 0.2) is 73.2 Å². The fourth-order valence-electron chi connectivity index (χ4n) is 3.15. The second kappa shape index (κ2) is 9.59. The largest absolute Gasteiger partial charge is 0.481 e. The number of rotatable bonds is 8. The van der Waals surface area contributed by atoms with Crippen molar-refractivity contribution in [1.29, 1.82) is 0 Å². The summed E-state index contributed by atoms with van der Waals surface area (Å²) in [5.41, 5.74) is 3.52. The first kappa shape index (κ1) is 20.2. The van der Waals surface area contributed by atoms with Gasteiger partial charge in [0.1, 0.15) is 12.0 Å². The van der Waals surface area contributed by atoms with Crippen molar-refractivity contribution in [2.24, 2.45) is 5.92 Å². The van der Waals surface area contributed by atoms with Gasteiger partial charge >= 0.3 is 5.97 Å². The SMILES string of the molecule is C[C@H](CC(Cc1ccc(-c2ccccc2)cc1)NC(=O)c1ccncn1)C(=O)O. The standard InChI is InChI=1S/C23H23N3O3/c1-16(23(28)29)13-20(26-22(27)21-11-12-24-15-25-21)14-17-7-9-19(10-8-17)18-5-3-2-4-6-18/h2-12,15-16,20H,13-14H2,1H3,(H,26,27)(H,28,29)/t16-,20?/m1/s1. The molecule has 3 aromatic rings. The van der Waals surface area contributed by atoms with Gasteiger partial charge in [0.25, 0.3) is 5.91 Å². The predicted octanol–water partition coefficient (Wildman–Crippen LogP) is 3.60. The highest BCUT2D eigenvalue weighted by Gasteiger charge is 2.21. The Morgan fingerprint density at radius 2 is 1.69 bits per heavy atom. The molecule has 0 radical (unpaired) electrons. The highest BCUT2D eigenvalue weighted by molar-refractivity contribution is 5.92. The summed E-state index contributed by atoms with van der Waals surface area (Å²) in [4.78, 5) is 31.6. The van der Waals surface area contributed by atoms with Crippen molar-refractivity contribution in [2.45, 2.75) is 25.8 Å². The molecule has 1 aromatic heterocycles. The van der Waals surface area contributed by atoms with Gasteiger partial charge in [-0.3, -0.25) is 9.59 Å². The Kier molecular flexibility index (Phi) is 6.68. The number of nitrogens with zero attached hydrogens (tertiary/aromatic N) is 2. The normalized spacial score (nSPS) is 12.7. The summed E-state index contributed by atoms with van der Waals surface area (Å²) >= 11 is 0. The molecule has 0 aliphatic rings. The van der Waals surface area contributed by atoms with E-state index in [0.29, 0.717) is 12.8 Å². The van der Waals surface area contributed by atoms with Crippen LogP contribution in [0.25, 0.3) is 11.1 Å². The molecule has 0 spiro atoms. The lowest BCUT2D eigenvalue weighted by atomic mass is 9.95. The van der Waals surface area contributed by atoms with Crippen LogP contribution in [0, 0.1) is 5.92 Å². The number of benzene rings is 2. The second-order valence-corrected chi connectivity index (χ2v) is 7.01. The Balaban J connectivity index is 1.73. The lowest BCUT2D eigenvalue weighted by Crippen LogP contribution is -2.39. The van der Waals surface area contributed by atoms with Gasteiger partial charge in [0.2, 0.25) is 0 Å². The summed E-state index contributed by atoms with van der Waals surface area (Å²) in [7, 11) is 0. The van der Waals surface area contributed by atoms with Crippen LogP contribution in [0.5, 0.6) is 0 Å². The fourth-order valence-corrected chi connectivity index (χ4v) is 3.15. The van der Waals surface area contributed by atoms with Gasteiger partial charge < -0.3 is 10.4 Å². The van der Waals surface area contributed by atoms with Gasteiger partial charge in [-0.15, -0.1) is 0 Å². The van der Waals surface area contributed by atoms with Crippen LogP contribution in [0.2, 0.25) is 0 Å². The monoisotopic (exact) mass is 389 g/mol. The Labute approximate surface area is 169 Å². The molecular weight excluding hydrogens is 366 g/mol.